The van der Waals surface area contributed by atoms with Crippen LogP contribution in [0.1, 0.15) is 33.6 Å². The molecule has 0 saturated heterocycles. The van der Waals surface area contributed by atoms with E-state index in [4.69, 9.17) is 23.7 Å². The number of alkyl carbamates (subject to hydrolysis) is 1. The Balaban J connectivity index is 3.13. The minimum Gasteiger partial charge on any atom is -0.449 e. The van der Waals surface area contributed by atoms with Gasteiger partial charge in [0.05, 0.1) is 59.5 Å². The molecule has 0 aliphatic rings. The van der Waals surface area contributed by atoms with Crippen LogP contribution < -0.4 is 5.32 Å². The molecule has 0 fully saturated rings. The van der Waals surface area contributed by atoms with Crippen molar-refractivity contribution < 1.29 is 33.3 Å². The summed E-state index contributed by atoms with van der Waals surface area (Å²) < 4.78 is 26.3. The zero-order valence-electron chi connectivity index (χ0n) is 16.4. The number of ketones is 1. The van der Waals surface area contributed by atoms with Crippen molar-refractivity contribution in [3.05, 3.63) is 0 Å². The molecule has 0 aromatic carbocycles. The van der Waals surface area contributed by atoms with Gasteiger partial charge in [-0.2, -0.15) is 0 Å². The zero-order chi connectivity index (χ0) is 19.5. The molecule has 154 valence electrons. The number of Topliss-reactive ketones (excluding diaryl/α,β-unsaturated/α-hetero) is 1. The van der Waals surface area contributed by atoms with Crippen LogP contribution in [0.15, 0.2) is 0 Å². The van der Waals surface area contributed by atoms with Gasteiger partial charge in [0.25, 0.3) is 0 Å². The highest BCUT2D eigenvalue weighted by Gasteiger charge is 2.02. The lowest BCUT2D eigenvalue weighted by Gasteiger charge is -2.09. The number of hydrogen-bond acceptors (Lipinski definition) is 7. The van der Waals surface area contributed by atoms with Crippen molar-refractivity contribution in [2.24, 2.45) is 5.92 Å². The smallest absolute Gasteiger partial charge is 0.407 e. The lowest BCUT2D eigenvalue weighted by Crippen LogP contribution is -2.29. The van der Waals surface area contributed by atoms with Crippen LogP contribution in [-0.4, -0.2) is 77.9 Å². The van der Waals surface area contributed by atoms with Crippen LogP contribution in [0.25, 0.3) is 0 Å². The summed E-state index contributed by atoms with van der Waals surface area (Å²) in [7, 11) is 0. The first kappa shape index (κ1) is 24.8. The maximum atomic E-state index is 11.3. The highest BCUT2D eigenvalue weighted by molar-refractivity contribution is 5.78. The number of rotatable bonds is 18. The Labute approximate surface area is 156 Å². The molecule has 0 saturated carbocycles. The minimum absolute atomic E-state index is 0.211. The summed E-state index contributed by atoms with van der Waals surface area (Å²) in [4.78, 5) is 22.3. The Kier molecular flexibility index (Phi) is 17.7. The van der Waals surface area contributed by atoms with Crippen molar-refractivity contribution in [1.82, 2.24) is 5.32 Å². The molecule has 0 heterocycles. The van der Waals surface area contributed by atoms with E-state index < -0.39 is 6.09 Å². The molecule has 8 nitrogen and oxygen atoms in total. The predicted molar refractivity (Wildman–Crippen MR) is 97.4 cm³/mol. The second kappa shape index (κ2) is 18.6. The molecule has 0 radical (unpaired) electrons. The largest absolute Gasteiger partial charge is 0.449 e. The molecule has 0 aromatic rings. The maximum absolute atomic E-state index is 11.3. The fourth-order valence-corrected chi connectivity index (χ4v) is 1.64. The lowest BCUT2D eigenvalue weighted by atomic mass is 10.2. The predicted octanol–water partition coefficient (Wildman–Crippen LogP) is 1.80. The quantitative estimate of drug-likeness (QED) is 0.364. The van der Waals surface area contributed by atoms with Gasteiger partial charge in [-0.15, -0.1) is 0 Å². The monoisotopic (exact) mass is 377 g/mol. The number of nitrogens with one attached hydrogen (secondary N) is 1. The van der Waals surface area contributed by atoms with E-state index in [-0.39, 0.29) is 5.78 Å². The summed E-state index contributed by atoms with van der Waals surface area (Å²) in [5, 5.41) is 2.61. The fourth-order valence-electron chi connectivity index (χ4n) is 1.64. The molecule has 1 amide bonds. The van der Waals surface area contributed by atoms with Crippen LogP contribution in [-0.2, 0) is 28.5 Å². The molecule has 0 spiro atoms. The Morgan fingerprint density at radius 2 is 1.31 bits per heavy atom. The first-order valence-electron chi connectivity index (χ1n) is 9.29. The molecule has 0 bridgehead atoms. The molecule has 0 aliphatic heterocycles. The number of amides is 1. The van der Waals surface area contributed by atoms with Crippen LogP contribution in [0.2, 0.25) is 0 Å². The van der Waals surface area contributed by atoms with E-state index in [9.17, 15) is 9.59 Å². The van der Waals surface area contributed by atoms with Crippen molar-refractivity contribution in [3.8, 4) is 0 Å². The van der Waals surface area contributed by atoms with Crippen molar-refractivity contribution in [2.75, 3.05) is 66.0 Å². The maximum Gasteiger partial charge on any atom is 0.407 e. The number of hydrogen-bond donors (Lipinski definition) is 1. The van der Waals surface area contributed by atoms with E-state index >= 15 is 0 Å². The molecule has 0 aliphatic carbocycles. The third-order valence-corrected chi connectivity index (χ3v) is 3.10. The van der Waals surface area contributed by atoms with E-state index in [0.29, 0.717) is 84.8 Å². The molecule has 26 heavy (non-hydrogen) atoms. The molecule has 0 rings (SSSR count). The van der Waals surface area contributed by atoms with Gasteiger partial charge in [0, 0.05) is 19.4 Å². The van der Waals surface area contributed by atoms with Gasteiger partial charge in [0.15, 0.2) is 0 Å². The second-order valence-electron chi connectivity index (χ2n) is 6.01. The Hall–Kier alpha value is -1.22. The minimum atomic E-state index is -0.420. The van der Waals surface area contributed by atoms with Crippen LogP contribution in [0.5, 0.6) is 0 Å². The van der Waals surface area contributed by atoms with Crippen LogP contribution in [0.3, 0.4) is 0 Å². The third kappa shape index (κ3) is 19.1. The van der Waals surface area contributed by atoms with Crippen molar-refractivity contribution in [1.29, 1.82) is 0 Å². The van der Waals surface area contributed by atoms with Gasteiger partial charge in [-0.25, -0.2) is 4.79 Å². The first-order valence-corrected chi connectivity index (χ1v) is 9.29. The van der Waals surface area contributed by atoms with Gasteiger partial charge < -0.3 is 29.0 Å². The molecular weight excluding hydrogens is 342 g/mol. The van der Waals surface area contributed by atoms with Crippen LogP contribution in [0.4, 0.5) is 4.79 Å². The summed E-state index contributed by atoms with van der Waals surface area (Å²) in [5.41, 5.74) is 0. The highest BCUT2D eigenvalue weighted by atomic mass is 16.6. The van der Waals surface area contributed by atoms with E-state index in [2.05, 4.69) is 5.32 Å². The first-order chi connectivity index (χ1) is 12.6. The van der Waals surface area contributed by atoms with Crippen molar-refractivity contribution in [2.45, 2.75) is 33.6 Å². The average Bonchev–Trinajstić information content (AvgIpc) is 2.62. The van der Waals surface area contributed by atoms with Crippen LogP contribution in [0, 0.1) is 5.92 Å². The van der Waals surface area contributed by atoms with Gasteiger partial charge in [-0.3, -0.25) is 4.79 Å². The van der Waals surface area contributed by atoms with Gasteiger partial charge >= 0.3 is 6.09 Å². The van der Waals surface area contributed by atoms with E-state index in [1.54, 1.807) is 0 Å². The molecule has 8 heteroatoms. The number of carbonyl (C=O) groups excluding carboxylic acids is 2. The molecular formula is C18H35NO7. The molecule has 0 unspecified atom stereocenters. The van der Waals surface area contributed by atoms with E-state index in [0.717, 1.165) is 0 Å². The van der Waals surface area contributed by atoms with Crippen LogP contribution >= 0.6 is 0 Å². The molecule has 0 aromatic heterocycles. The Morgan fingerprint density at radius 1 is 0.808 bits per heavy atom. The number of ether oxygens (including phenoxy) is 5. The normalized spacial score (nSPS) is 10.9. The van der Waals surface area contributed by atoms with E-state index in [1.807, 2.05) is 20.8 Å². The van der Waals surface area contributed by atoms with E-state index in [1.165, 1.54) is 0 Å². The Morgan fingerprint density at radius 3 is 1.81 bits per heavy atom. The second-order valence-corrected chi connectivity index (χ2v) is 6.01. The fraction of sp³-hybridized carbons (Fsp3) is 0.889. The zero-order valence-corrected chi connectivity index (χ0v) is 16.4. The molecule has 0 atom stereocenters. The average molecular weight is 377 g/mol. The number of carbonyl (C=O) groups is 2. The highest BCUT2D eigenvalue weighted by Crippen LogP contribution is 1.92. The van der Waals surface area contributed by atoms with Gasteiger partial charge in [-0.05, 0) is 5.92 Å². The Bertz CT molecular complexity index is 350. The molecule has 1 N–H and O–H groups in total. The summed E-state index contributed by atoms with van der Waals surface area (Å²) in [6.07, 6.45) is 0.605. The van der Waals surface area contributed by atoms with Gasteiger partial charge in [-0.1, -0.05) is 20.8 Å². The third-order valence-electron chi connectivity index (χ3n) is 3.10. The summed E-state index contributed by atoms with van der Waals surface area (Å²) in [6, 6.07) is 0. The SMILES string of the molecule is CCC(=O)CCOCCOCCOCCOCCNC(=O)OCC(C)C. The van der Waals surface area contributed by atoms with Crippen molar-refractivity contribution >= 4 is 11.9 Å². The topological polar surface area (TPSA) is 92.3 Å². The lowest BCUT2D eigenvalue weighted by molar-refractivity contribution is -0.120. The van der Waals surface area contributed by atoms with Gasteiger partial charge in [0.1, 0.15) is 5.78 Å². The summed E-state index contributed by atoms with van der Waals surface area (Å²) in [6.45, 7) is 10.3. The summed E-state index contributed by atoms with van der Waals surface area (Å²) in [5.74, 6) is 0.533. The van der Waals surface area contributed by atoms with Crippen molar-refractivity contribution in [3.63, 3.8) is 0 Å². The van der Waals surface area contributed by atoms with Gasteiger partial charge in [0.2, 0.25) is 0 Å². The summed E-state index contributed by atoms with van der Waals surface area (Å²) >= 11 is 0. The standard InChI is InChI=1S/C18H35NO7/c1-4-17(20)5-7-22-9-11-24-13-14-25-12-10-23-8-6-19-18(21)26-15-16(2)3/h16H,4-15H2,1-3H3,(H,19,21).